The minimum atomic E-state index is 0.901. The SMILES string of the molecule is CCCC[Se]CCS. The van der Waals surface area contributed by atoms with Gasteiger partial charge in [0, 0.05) is 0 Å². The summed E-state index contributed by atoms with van der Waals surface area (Å²) >= 11 is 5.04. The van der Waals surface area contributed by atoms with E-state index in [4.69, 9.17) is 0 Å². The molecule has 0 atom stereocenters. The average molecular weight is 197 g/mol. The first-order valence-corrected chi connectivity index (χ1v) is 6.16. The molecule has 0 bridgehead atoms. The maximum atomic E-state index is 4.14. The van der Waals surface area contributed by atoms with Crippen molar-refractivity contribution in [1.29, 1.82) is 0 Å². The summed E-state index contributed by atoms with van der Waals surface area (Å²) in [6.45, 7) is 2.25. The van der Waals surface area contributed by atoms with E-state index in [1.165, 1.54) is 23.5 Å². The summed E-state index contributed by atoms with van der Waals surface area (Å²) in [7, 11) is 0. The van der Waals surface area contributed by atoms with Gasteiger partial charge in [0.15, 0.2) is 0 Å². The number of unbranched alkanes of at least 4 members (excludes halogenated alkanes) is 1. The molecule has 0 aliphatic rings. The average Bonchev–Trinajstić information content (AvgIpc) is 1.81. The van der Waals surface area contributed by atoms with Gasteiger partial charge < -0.3 is 0 Å². The van der Waals surface area contributed by atoms with Crippen molar-refractivity contribution in [3.63, 3.8) is 0 Å². The van der Waals surface area contributed by atoms with E-state index in [9.17, 15) is 0 Å². The van der Waals surface area contributed by atoms with Gasteiger partial charge in [0.25, 0.3) is 0 Å². The van der Waals surface area contributed by atoms with E-state index in [1.54, 1.807) is 0 Å². The monoisotopic (exact) mass is 198 g/mol. The molecule has 0 aliphatic carbocycles. The molecule has 0 amide bonds. The molecule has 2 heteroatoms. The zero-order chi connectivity index (χ0) is 6.24. The summed E-state index contributed by atoms with van der Waals surface area (Å²) in [4.78, 5) is 0. The summed E-state index contributed by atoms with van der Waals surface area (Å²) in [6.07, 6.45) is 2.78. The second kappa shape index (κ2) is 7.87. The van der Waals surface area contributed by atoms with Gasteiger partial charge in [-0.25, -0.2) is 0 Å². The zero-order valence-corrected chi connectivity index (χ0v) is 8.00. The van der Waals surface area contributed by atoms with E-state index in [1.807, 2.05) is 0 Å². The van der Waals surface area contributed by atoms with Crippen LogP contribution in [0.3, 0.4) is 0 Å². The van der Waals surface area contributed by atoms with Crippen molar-refractivity contribution in [2.45, 2.75) is 30.4 Å². The Balaban J connectivity index is 2.53. The molecule has 0 heterocycles. The predicted molar refractivity (Wildman–Crippen MR) is 44.1 cm³/mol. The Morgan fingerprint density at radius 3 is 2.62 bits per heavy atom. The van der Waals surface area contributed by atoms with Gasteiger partial charge >= 0.3 is 63.7 Å². The van der Waals surface area contributed by atoms with Crippen molar-refractivity contribution < 1.29 is 0 Å². The van der Waals surface area contributed by atoms with Crippen LogP contribution in [0.1, 0.15) is 19.8 Å². The Labute approximate surface area is 64.0 Å². The van der Waals surface area contributed by atoms with Crippen LogP contribution < -0.4 is 0 Å². The van der Waals surface area contributed by atoms with Gasteiger partial charge in [0.1, 0.15) is 0 Å². The molecule has 0 fully saturated rings. The van der Waals surface area contributed by atoms with Gasteiger partial charge in [-0.05, 0) is 0 Å². The number of hydrogen-bond donors (Lipinski definition) is 1. The van der Waals surface area contributed by atoms with E-state index in [0.717, 1.165) is 20.7 Å². The third-order valence-corrected chi connectivity index (χ3v) is 4.03. The minimum absolute atomic E-state index is 0.901. The molecule has 0 aromatic rings. The van der Waals surface area contributed by atoms with E-state index in [-0.39, 0.29) is 0 Å². The Kier molecular flexibility index (Phi) is 8.72. The molecule has 0 rings (SSSR count). The predicted octanol–water partition coefficient (Wildman–Crippen LogP) is 2.26. The standard InChI is InChI=1S/C6H14SSe/c1-2-3-5-8-6-4-7/h7H,2-6H2,1H3. The molecule has 0 N–H and O–H groups in total. The van der Waals surface area contributed by atoms with Crippen LogP contribution in [-0.2, 0) is 0 Å². The fourth-order valence-corrected chi connectivity index (χ4v) is 2.82. The molecular formula is C6H14SSe. The Morgan fingerprint density at radius 2 is 2.12 bits per heavy atom. The molecule has 0 aromatic carbocycles. The zero-order valence-electron chi connectivity index (χ0n) is 5.39. The summed E-state index contributed by atoms with van der Waals surface area (Å²) < 4.78 is 0. The third-order valence-electron chi connectivity index (χ3n) is 0.878. The molecule has 0 aromatic heterocycles. The fraction of sp³-hybridized carbons (Fsp3) is 1.00. The van der Waals surface area contributed by atoms with E-state index < -0.39 is 0 Å². The van der Waals surface area contributed by atoms with Gasteiger partial charge in [-0.2, -0.15) is 0 Å². The molecule has 0 aliphatic heterocycles. The summed E-state index contributed by atoms with van der Waals surface area (Å²) in [5.74, 6) is 1.09. The second-order valence-electron chi connectivity index (χ2n) is 1.69. The van der Waals surface area contributed by atoms with Crippen molar-refractivity contribution in [3.05, 3.63) is 0 Å². The number of rotatable bonds is 5. The first kappa shape index (κ1) is 8.87. The number of hydrogen-bond acceptors (Lipinski definition) is 1. The summed E-state index contributed by atoms with van der Waals surface area (Å²) in [5.41, 5.74) is 0. The van der Waals surface area contributed by atoms with Gasteiger partial charge in [-0.1, -0.05) is 0 Å². The van der Waals surface area contributed by atoms with Crippen LogP contribution in [0.2, 0.25) is 10.6 Å². The van der Waals surface area contributed by atoms with Crippen LogP contribution in [0.15, 0.2) is 0 Å². The molecule has 8 heavy (non-hydrogen) atoms. The first-order chi connectivity index (χ1) is 3.91. The molecule has 0 saturated carbocycles. The van der Waals surface area contributed by atoms with Crippen LogP contribution in [0, 0.1) is 0 Å². The van der Waals surface area contributed by atoms with Gasteiger partial charge in [-0.3, -0.25) is 0 Å². The van der Waals surface area contributed by atoms with Crippen LogP contribution in [0.4, 0.5) is 0 Å². The van der Waals surface area contributed by atoms with E-state index >= 15 is 0 Å². The summed E-state index contributed by atoms with van der Waals surface area (Å²) in [6, 6.07) is 0. The van der Waals surface area contributed by atoms with Crippen LogP contribution in [0.25, 0.3) is 0 Å². The first-order valence-electron chi connectivity index (χ1n) is 3.10. The van der Waals surface area contributed by atoms with Crippen molar-refractivity contribution in [1.82, 2.24) is 0 Å². The van der Waals surface area contributed by atoms with Gasteiger partial charge in [0.05, 0.1) is 0 Å². The normalized spacial score (nSPS) is 9.75. The quantitative estimate of drug-likeness (QED) is 0.390. The molecular weight excluding hydrogens is 183 g/mol. The third kappa shape index (κ3) is 6.87. The van der Waals surface area contributed by atoms with Crippen molar-refractivity contribution in [2.24, 2.45) is 0 Å². The van der Waals surface area contributed by atoms with Gasteiger partial charge in [0.2, 0.25) is 0 Å². The van der Waals surface area contributed by atoms with Gasteiger partial charge in [-0.15, -0.1) is 0 Å². The molecule has 0 unspecified atom stereocenters. The summed E-state index contributed by atoms with van der Waals surface area (Å²) in [5, 5.41) is 2.82. The number of thiol groups is 1. The molecule has 0 radical (unpaired) electrons. The van der Waals surface area contributed by atoms with Crippen LogP contribution in [-0.4, -0.2) is 20.7 Å². The van der Waals surface area contributed by atoms with E-state index in [0.29, 0.717) is 0 Å². The Bertz CT molecular complexity index is 33.5. The fourth-order valence-electron chi connectivity index (χ4n) is 0.413. The van der Waals surface area contributed by atoms with Crippen LogP contribution >= 0.6 is 12.6 Å². The van der Waals surface area contributed by atoms with Crippen molar-refractivity contribution in [2.75, 3.05) is 5.75 Å². The second-order valence-corrected chi connectivity index (χ2v) is 4.71. The Hall–Kier alpha value is 0.869. The van der Waals surface area contributed by atoms with E-state index in [2.05, 4.69) is 19.6 Å². The van der Waals surface area contributed by atoms with Crippen molar-refractivity contribution in [3.8, 4) is 0 Å². The maximum absolute atomic E-state index is 4.14. The Morgan fingerprint density at radius 1 is 1.38 bits per heavy atom. The molecule has 50 valence electrons. The van der Waals surface area contributed by atoms with Crippen LogP contribution in [0.5, 0.6) is 0 Å². The molecule has 0 saturated heterocycles. The molecule has 0 nitrogen and oxygen atoms in total. The van der Waals surface area contributed by atoms with Crippen molar-refractivity contribution >= 4 is 27.6 Å². The molecule has 0 spiro atoms. The topological polar surface area (TPSA) is 0 Å².